The SMILES string of the molecule is C=C[C@H]1CC[C@@H]2[C@@H](CO)C(=O)C[C@@]21O. The van der Waals surface area contributed by atoms with E-state index in [1.54, 1.807) is 6.08 Å². The van der Waals surface area contributed by atoms with Crippen molar-refractivity contribution in [2.75, 3.05) is 6.61 Å². The Morgan fingerprint density at radius 1 is 1.57 bits per heavy atom. The molecule has 14 heavy (non-hydrogen) atoms. The van der Waals surface area contributed by atoms with Gasteiger partial charge in [0, 0.05) is 24.2 Å². The van der Waals surface area contributed by atoms with Crippen molar-refractivity contribution in [3.05, 3.63) is 12.7 Å². The van der Waals surface area contributed by atoms with Gasteiger partial charge in [0.15, 0.2) is 0 Å². The molecule has 0 saturated heterocycles. The first-order valence-corrected chi connectivity index (χ1v) is 5.12. The zero-order valence-corrected chi connectivity index (χ0v) is 8.15. The lowest BCUT2D eigenvalue weighted by Crippen LogP contribution is -2.36. The lowest BCUT2D eigenvalue weighted by molar-refractivity contribution is -0.123. The summed E-state index contributed by atoms with van der Waals surface area (Å²) in [5, 5.41) is 19.5. The van der Waals surface area contributed by atoms with Crippen LogP contribution in [0.15, 0.2) is 12.7 Å². The molecule has 0 radical (unpaired) electrons. The van der Waals surface area contributed by atoms with Crippen LogP contribution < -0.4 is 0 Å². The third-order valence-electron chi connectivity index (χ3n) is 3.91. The van der Waals surface area contributed by atoms with E-state index in [2.05, 4.69) is 6.58 Å². The molecule has 3 nitrogen and oxygen atoms in total. The van der Waals surface area contributed by atoms with Gasteiger partial charge in [-0.2, -0.15) is 0 Å². The van der Waals surface area contributed by atoms with Gasteiger partial charge in [-0.05, 0) is 12.8 Å². The molecular formula is C11H16O3. The first kappa shape index (κ1) is 9.87. The van der Waals surface area contributed by atoms with Crippen LogP contribution in [0.25, 0.3) is 0 Å². The summed E-state index contributed by atoms with van der Waals surface area (Å²) in [5.74, 6) is -0.368. The molecule has 3 heteroatoms. The maximum atomic E-state index is 11.5. The fraction of sp³-hybridized carbons (Fsp3) is 0.727. The highest BCUT2D eigenvalue weighted by atomic mass is 16.3. The Labute approximate surface area is 83.4 Å². The molecule has 2 saturated carbocycles. The zero-order chi connectivity index (χ0) is 10.3. The van der Waals surface area contributed by atoms with Crippen LogP contribution in [-0.2, 0) is 4.79 Å². The van der Waals surface area contributed by atoms with Crippen molar-refractivity contribution in [2.45, 2.75) is 24.9 Å². The number of Topliss-reactive ketones (excluding diaryl/α,β-unsaturated/α-hetero) is 1. The van der Waals surface area contributed by atoms with E-state index in [4.69, 9.17) is 5.11 Å². The number of hydrogen-bond donors (Lipinski definition) is 2. The van der Waals surface area contributed by atoms with Crippen LogP contribution in [0.2, 0.25) is 0 Å². The van der Waals surface area contributed by atoms with E-state index in [0.717, 1.165) is 12.8 Å². The highest BCUT2D eigenvalue weighted by molar-refractivity contribution is 5.85. The molecule has 2 N–H and O–H groups in total. The summed E-state index contributed by atoms with van der Waals surface area (Å²) in [6, 6.07) is 0. The van der Waals surface area contributed by atoms with Crippen molar-refractivity contribution in [1.82, 2.24) is 0 Å². The molecule has 0 aromatic carbocycles. The molecule has 0 aliphatic heterocycles. The Morgan fingerprint density at radius 2 is 2.29 bits per heavy atom. The molecule has 0 heterocycles. The molecule has 0 bridgehead atoms. The van der Waals surface area contributed by atoms with Gasteiger partial charge in [0.25, 0.3) is 0 Å². The second kappa shape index (κ2) is 3.17. The van der Waals surface area contributed by atoms with E-state index in [1.807, 2.05) is 0 Å². The second-order valence-electron chi connectivity index (χ2n) is 4.45. The van der Waals surface area contributed by atoms with Crippen LogP contribution >= 0.6 is 0 Å². The number of ketones is 1. The Balaban J connectivity index is 2.29. The van der Waals surface area contributed by atoms with Crippen molar-refractivity contribution < 1.29 is 15.0 Å². The number of fused-ring (bicyclic) bond motifs is 1. The van der Waals surface area contributed by atoms with E-state index in [0.29, 0.717) is 0 Å². The second-order valence-corrected chi connectivity index (χ2v) is 4.45. The summed E-state index contributed by atoms with van der Waals surface area (Å²) in [6.07, 6.45) is 3.64. The van der Waals surface area contributed by atoms with Crippen LogP contribution in [0.1, 0.15) is 19.3 Å². The average molecular weight is 196 g/mol. The number of carbonyl (C=O) groups is 1. The zero-order valence-electron chi connectivity index (χ0n) is 8.15. The van der Waals surface area contributed by atoms with E-state index in [1.165, 1.54) is 0 Å². The topological polar surface area (TPSA) is 57.5 Å². The fourth-order valence-corrected chi connectivity index (χ4v) is 3.13. The fourth-order valence-electron chi connectivity index (χ4n) is 3.13. The molecule has 4 atom stereocenters. The monoisotopic (exact) mass is 196 g/mol. The normalized spacial score (nSPS) is 46.7. The van der Waals surface area contributed by atoms with Gasteiger partial charge in [-0.15, -0.1) is 6.58 Å². The van der Waals surface area contributed by atoms with Gasteiger partial charge in [-0.1, -0.05) is 6.08 Å². The average Bonchev–Trinajstić information content (AvgIpc) is 2.56. The van der Waals surface area contributed by atoms with Crippen LogP contribution in [0.5, 0.6) is 0 Å². The van der Waals surface area contributed by atoms with E-state index in [-0.39, 0.29) is 36.6 Å². The van der Waals surface area contributed by atoms with Crippen molar-refractivity contribution in [2.24, 2.45) is 17.8 Å². The first-order valence-electron chi connectivity index (χ1n) is 5.12. The predicted molar refractivity (Wildman–Crippen MR) is 51.6 cm³/mol. The maximum Gasteiger partial charge on any atom is 0.141 e. The standard InChI is InChI=1S/C11H16O3/c1-2-7-3-4-9-8(6-12)10(13)5-11(7,9)14/h2,7-9,12,14H,1,3-6H2/t7-,8+,9+,11-/m0/s1. The number of hydrogen-bond acceptors (Lipinski definition) is 3. The molecule has 0 unspecified atom stereocenters. The number of rotatable bonds is 2. The minimum Gasteiger partial charge on any atom is -0.396 e. The smallest absolute Gasteiger partial charge is 0.141 e. The Morgan fingerprint density at radius 3 is 2.86 bits per heavy atom. The van der Waals surface area contributed by atoms with Crippen molar-refractivity contribution >= 4 is 5.78 Å². The van der Waals surface area contributed by atoms with E-state index < -0.39 is 5.60 Å². The first-order chi connectivity index (χ1) is 6.63. The van der Waals surface area contributed by atoms with Crippen molar-refractivity contribution in [1.29, 1.82) is 0 Å². The summed E-state index contributed by atoms with van der Waals surface area (Å²) in [6.45, 7) is 3.56. The van der Waals surface area contributed by atoms with E-state index in [9.17, 15) is 9.90 Å². The number of aliphatic hydroxyl groups excluding tert-OH is 1. The number of aliphatic hydroxyl groups is 2. The lowest BCUT2D eigenvalue weighted by atomic mass is 9.84. The Bertz CT molecular complexity index is 274. The molecule has 0 spiro atoms. The highest BCUT2D eigenvalue weighted by Gasteiger charge is 2.58. The Kier molecular flexibility index (Phi) is 2.24. The van der Waals surface area contributed by atoms with Crippen LogP contribution in [0.3, 0.4) is 0 Å². The molecular weight excluding hydrogens is 180 g/mol. The van der Waals surface area contributed by atoms with Crippen LogP contribution in [0, 0.1) is 17.8 Å². The molecule has 0 aromatic heterocycles. The minimum absolute atomic E-state index is 0.00606. The largest absolute Gasteiger partial charge is 0.396 e. The molecule has 2 aliphatic carbocycles. The van der Waals surface area contributed by atoms with Crippen molar-refractivity contribution in [3.8, 4) is 0 Å². The molecule has 2 aliphatic rings. The van der Waals surface area contributed by atoms with Gasteiger partial charge in [0.1, 0.15) is 5.78 Å². The lowest BCUT2D eigenvalue weighted by Gasteiger charge is -2.28. The minimum atomic E-state index is -0.910. The van der Waals surface area contributed by atoms with Gasteiger partial charge in [-0.3, -0.25) is 4.79 Å². The molecule has 0 aromatic rings. The third-order valence-corrected chi connectivity index (χ3v) is 3.91. The number of carbonyl (C=O) groups excluding carboxylic acids is 1. The van der Waals surface area contributed by atoms with E-state index >= 15 is 0 Å². The predicted octanol–water partition coefficient (Wildman–Crippen LogP) is 0.511. The van der Waals surface area contributed by atoms with Crippen LogP contribution in [0.4, 0.5) is 0 Å². The van der Waals surface area contributed by atoms with Gasteiger partial charge >= 0.3 is 0 Å². The summed E-state index contributed by atoms with van der Waals surface area (Å²) in [4.78, 5) is 11.5. The quantitative estimate of drug-likeness (QED) is 0.633. The Hall–Kier alpha value is -0.670. The van der Waals surface area contributed by atoms with Gasteiger partial charge in [0.2, 0.25) is 0 Å². The maximum absolute atomic E-state index is 11.5. The highest BCUT2D eigenvalue weighted by Crippen LogP contribution is 2.52. The summed E-state index contributed by atoms with van der Waals surface area (Å²) in [7, 11) is 0. The van der Waals surface area contributed by atoms with Gasteiger partial charge in [-0.25, -0.2) is 0 Å². The summed E-state index contributed by atoms with van der Waals surface area (Å²) in [5.41, 5.74) is -0.910. The van der Waals surface area contributed by atoms with Crippen molar-refractivity contribution in [3.63, 3.8) is 0 Å². The third kappa shape index (κ3) is 1.09. The molecule has 2 fully saturated rings. The van der Waals surface area contributed by atoms with Gasteiger partial charge < -0.3 is 10.2 Å². The molecule has 2 rings (SSSR count). The molecule has 0 amide bonds. The molecule has 78 valence electrons. The van der Waals surface area contributed by atoms with Crippen LogP contribution in [-0.4, -0.2) is 28.2 Å². The summed E-state index contributed by atoms with van der Waals surface area (Å²) >= 11 is 0. The summed E-state index contributed by atoms with van der Waals surface area (Å²) < 4.78 is 0. The van der Waals surface area contributed by atoms with Gasteiger partial charge in [0.05, 0.1) is 12.2 Å².